The Hall–Kier alpha value is -1.88. The van der Waals surface area contributed by atoms with Gasteiger partial charge in [-0.2, -0.15) is 0 Å². The van der Waals surface area contributed by atoms with Crippen LogP contribution in [0.3, 0.4) is 0 Å². The van der Waals surface area contributed by atoms with E-state index in [9.17, 15) is 9.59 Å². The van der Waals surface area contributed by atoms with Crippen LogP contribution in [0.1, 0.15) is 39.3 Å². The monoisotopic (exact) mass is 319 g/mol. The Morgan fingerprint density at radius 2 is 1.65 bits per heavy atom. The van der Waals surface area contributed by atoms with Gasteiger partial charge in [-0.1, -0.05) is 30.3 Å². The average molecular weight is 319 g/mol. The van der Waals surface area contributed by atoms with Crippen molar-refractivity contribution in [3.05, 3.63) is 35.9 Å². The van der Waals surface area contributed by atoms with Crippen LogP contribution >= 0.6 is 0 Å². The highest BCUT2D eigenvalue weighted by atomic mass is 16.2. The molecule has 23 heavy (non-hydrogen) atoms. The standard InChI is InChI=1S/C18H29N3O2/c1-14(15-10-8-7-9-11-15)21(6)17(23)13-20(5)12-16(22)19-18(2,3)4/h7-11,14H,12-13H2,1-6H3,(H,19,22)/t14-/m1/s1. The van der Waals surface area contributed by atoms with Crippen molar-refractivity contribution < 1.29 is 9.59 Å². The van der Waals surface area contributed by atoms with Gasteiger partial charge in [0, 0.05) is 12.6 Å². The summed E-state index contributed by atoms with van der Waals surface area (Å²) in [7, 11) is 3.57. The third-order valence-corrected chi connectivity index (χ3v) is 3.59. The highest BCUT2D eigenvalue weighted by Crippen LogP contribution is 2.18. The summed E-state index contributed by atoms with van der Waals surface area (Å²) < 4.78 is 0. The predicted molar refractivity (Wildman–Crippen MR) is 93.0 cm³/mol. The predicted octanol–water partition coefficient (Wildman–Crippen LogP) is 2.05. The minimum atomic E-state index is -0.263. The van der Waals surface area contributed by atoms with E-state index in [2.05, 4.69) is 5.32 Å². The summed E-state index contributed by atoms with van der Waals surface area (Å²) in [6.45, 7) is 8.23. The fourth-order valence-electron chi connectivity index (χ4n) is 2.27. The van der Waals surface area contributed by atoms with Crippen molar-refractivity contribution in [1.29, 1.82) is 0 Å². The van der Waals surface area contributed by atoms with Crippen LogP contribution in [-0.2, 0) is 9.59 Å². The normalized spacial score (nSPS) is 12.8. The number of carbonyl (C=O) groups is 2. The van der Waals surface area contributed by atoms with E-state index in [0.29, 0.717) is 0 Å². The molecular weight excluding hydrogens is 290 g/mol. The van der Waals surface area contributed by atoms with Crippen LogP contribution in [-0.4, -0.2) is 54.3 Å². The van der Waals surface area contributed by atoms with Crippen molar-refractivity contribution in [2.45, 2.75) is 39.3 Å². The number of nitrogens with zero attached hydrogens (tertiary/aromatic N) is 2. The van der Waals surface area contributed by atoms with E-state index >= 15 is 0 Å². The van der Waals surface area contributed by atoms with E-state index in [1.54, 1.807) is 23.9 Å². The number of benzene rings is 1. The van der Waals surface area contributed by atoms with E-state index < -0.39 is 0 Å². The zero-order chi connectivity index (χ0) is 17.6. The second-order valence-corrected chi connectivity index (χ2v) is 7.06. The van der Waals surface area contributed by atoms with Gasteiger partial charge in [-0.25, -0.2) is 0 Å². The van der Waals surface area contributed by atoms with Crippen LogP contribution < -0.4 is 5.32 Å². The molecule has 0 saturated carbocycles. The SMILES string of the molecule is C[C@H](c1ccccc1)N(C)C(=O)CN(C)CC(=O)NC(C)(C)C. The molecule has 0 aliphatic rings. The van der Waals surface area contributed by atoms with Gasteiger partial charge in [-0.05, 0) is 40.3 Å². The van der Waals surface area contributed by atoms with Crippen LogP contribution in [0, 0.1) is 0 Å². The second kappa shape index (κ2) is 8.11. The summed E-state index contributed by atoms with van der Waals surface area (Å²) in [5.41, 5.74) is 0.831. The van der Waals surface area contributed by atoms with Gasteiger partial charge in [0.05, 0.1) is 19.1 Å². The maximum absolute atomic E-state index is 12.4. The minimum absolute atomic E-state index is 0.000465. The molecule has 0 aromatic heterocycles. The summed E-state index contributed by atoms with van der Waals surface area (Å²) in [5, 5.41) is 2.90. The molecule has 1 aromatic carbocycles. The van der Waals surface area contributed by atoms with Crippen LogP contribution in [0.15, 0.2) is 30.3 Å². The van der Waals surface area contributed by atoms with Gasteiger partial charge in [0.2, 0.25) is 11.8 Å². The van der Waals surface area contributed by atoms with Crippen LogP contribution in [0.5, 0.6) is 0 Å². The Morgan fingerprint density at radius 3 is 2.17 bits per heavy atom. The number of hydrogen-bond acceptors (Lipinski definition) is 3. The fraction of sp³-hybridized carbons (Fsp3) is 0.556. The molecule has 0 unspecified atom stereocenters. The Balaban J connectivity index is 2.53. The molecule has 0 aliphatic heterocycles. The molecule has 0 fully saturated rings. The molecule has 0 aliphatic carbocycles. The minimum Gasteiger partial charge on any atom is -0.350 e. The molecule has 1 N–H and O–H groups in total. The lowest BCUT2D eigenvalue weighted by Gasteiger charge is -2.28. The van der Waals surface area contributed by atoms with Crippen molar-refractivity contribution >= 4 is 11.8 Å². The summed E-state index contributed by atoms with van der Waals surface area (Å²) in [5.74, 6) is -0.0843. The van der Waals surface area contributed by atoms with Crippen molar-refractivity contribution in [2.75, 3.05) is 27.2 Å². The Kier molecular flexibility index (Phi) is 6.76. The Labute approximate surface area is 139 Å². The first kappa shape index (κ1) is 19.2. The lowest BCUT2D eigenvalue weighted by atomic mass is 10.1. The third kappa shape index (κ3) is 6.82. The quantitative estimate of drug-likeness (QED) is 0.873. The van der Waals surface area contributed by atoms with Crippen molar-refractivity contribution in [3.8, 4) is 0 Å². The van der Waals surface area contributed by atoms with Crippen LogP contribution in [0.2, 0.25) is 0 Å². The number of carbonyl (C=O) groups excluding carboxylic acids is 2. The summed E-state index contributed by atoms with van der Waals surface area (Å²) in [6, 6.07) is 9.91. The average Bonchev–Trinajstić information content (AvgIpc) is 2.44. The zero-order valence-electron chi connectivity index (χ0n) is 15.1. The third-order valence-electron chi connectivity index (χ3n) is 3.59. The smallest absolute Gasteiger partial charge is 0.236 e. The van der Waals surface area contributed by atoms with E-state index in [0.717, 1.165) is 5.56 Å². The zero-order valence-corrected chi connectivity index (χ0v) is 15.1. The lowest BCUT2D eigenvalue weighted by molar-refractivity contribution is -0.133. The molecule has 0 spiro atoms. The topological polar surface area (TPSA) is 52.7 Å². The van der Waals surface area contributed by atoms with Gasteiger partial charge in [-0.15, -0.1) is 0 Å². The largest absolute Gasteiger partial charge is 0.350 e. The number of hydrogen-bond donors (Lipinski definition) is 1. The number of likely N-dealkylation sites (N-methyl/N-ethyl adjacent to an activating group) is 2. The van der Waals surface area contributed by atoms with E-state index in [1.165, 1.54) is 0 Å². The highest BCUT2D eigenvalue weighted by molar-refractivity contribution is 5.81. The molecule has 2 amide bonds. The first-order valence-electron chi connectivity index (χ1n) is 7.90. The number of nitrogens with one attached hydrogen (secondary N) is 1. The molecule has 5 heteroatoms. The number of amides is 2. The van der Waals surface area contributed by atoms with Gasteiger partial charge in [0.25, 0.3) is 0 Å². The first-order chi connectivity index (χ1) is 10.6. The molecule has 0 radical (unpaired) electrons. The van der Waals surface area contributed by atoms with Crippen molar-refractivity contribution in [1.82, 2.24) is 15.1 Å². The van der Waals surface area contributed by atoms with Crippen LogP contribution in [0.25, 0.3) is 0 Å². The van der Waals surface area contributed by atoms with E-state index in [-0.39, 0.29) is 36.5 Å². The van der Waals surface area contributed by atoms with Crippen molar-refractivity contribution in [3.63, 3.8) is 0 Å². The molecule has 0 bridgehead atoms. The molecule has 1 atom stereocenters. The second-order valence-electron chi connectivity index (χ2n) is 7.06. The summed E-state index contributed by atoms with van der Waals surface area (Å²) in [4.78, 5) is 27.7. The summed E-state index contributed by atoms with van der Waals surface area (Å²) in [6.07, 6.45) is 0. The first-order valence-corrected chi connectivity index (χ1v) is 7.90. The number of rotatable bonds is 6. The van der Waals surface area contributed by atoms with E-state index in [1.807, 2.05) is 58.0 Å². The molecule has 128 valence electrons. The van der Waals surface area contributed by atoms with E-state index in [4.69, 9.17) is 0 Å². The van der Waals surface area contributed by atoms with Gasteiger partial charge in [0.1, 0.15) is 0 Å². The van der Waals surface area contributed by atoms with Gasteiger partial charge in [0.15, 0.2) is 0 Å². The summed E-state index contributed by atoms with van der Waals surface area (Å²) >= 11 is 0. The van der Waals surface area contributed by atoms with Gasteiger partial charge >= 0.3 is 0 Å². The molecule has 0 heterocycles. The highest BCUT2D eigenvalue weighted by Gasteiger charge is 2.20. The lowest BCUT2D eigenvalue weighted by Crippen LogP contribution is -2.47. The molecule has 0 saturated heterocycles. The molecule has 1 aromatic rings. The fourth-order valence-corrected chi connectivity index (χ4v) is 2.27. The molecule has 5 nitrogen and oxygen atoms in total. The van der Waals surface area contributed by atoms with Crippen LogP contribution in [0.4, 0.5) is 0 Å². The Bertz CT molecular complexity index is 523. The molecular formula is C18H29N3O2. The van der Waals surface area contributed by atoms with Gasteiger partial charge in [-0.3, -0.25) is 14.5 Å². The Morgan fingerprint density at radius 1 is 1.09 bits per heavy atom. The molecule has 1 rings (SSSR count). The maximum Gasteiger partial charge on any atom is 0.236 e. The van der Waals surface area contributed by atoms with Gasteiger partial charge < -0.3 is 10.2 Å². The maximum atomic E-state index is 12.4. The van der Waals surface area contributed by atoms with Crippen molar-refractivity contribution in [2.24, 2.45) is 0 Å².